The fourth-order valence-electron chi connectivity index (χ4n) is 3.12. The Hall–Kier alpha value is -2.62. The molecule has 4 nitrogen and oxygen atoms in total. The van der Waals surface area contributed by atoms with Gasteiger partial charge in [0.1, 0.15) is 0 Å². The highest BCUT2D eigenvalue weighted by Gasteiger charge is 2.16. The van der Waals surface area contributed by atoms with E-state index in [0.29, 0.717) is 5.56 Å². The first-order valence-electron chi connectivity index (χ1n) is 8.95. The van der Waals surface area contributed by atoms with Gasteiger partial charge in [0.15, 0.2) is 6.61 Å². The van der Waals surface area contributed by atoms with Crippen LogP contribution in [0.15, 0.2) is 42.5 Å². The summed E-state index contributed by atoms with van der Waals surface area (Å²) in [6.07, 6.45) is 1.73. The van der Waals surface area contributed by atoms with Crippen LogP contribution in [0.2, 0.25) is 0 Å². The second-order valence-electron chi connectivity index (χ2n) is 6.84. The Morgan fingerprint density at radius 1 is 1.04 bits per heavy atom. The van der Waals surface area contributed by atoms with E-state index in [4.69, 9.17) is 4.74 Å². The van der Waals surface area contributed by atoms with E-state index in [-0.39, 0.29) is 18.6 Å². The Balaban J connectivity index is 1.80. The van der Waals surface area contributed by atoms with Gasteiger partial charge in [-0.15, -0.1) is 0 Å². The van der Waals surface area contributed by atoms with Crippen LogP contribution in [0.5, 0.6) is 0 Å². The minimum atomic E-state index is -0.452. The number of amides is 1. The number of rotatable bonds is 7. The smallest absolute Gasteiger partial charge is 0.339 e. The number of benzene rings is 2. The molecule has 2 aromatic rings. The number of carbonyl (C=O) groups is 2. The van der Waals surface area contributed by atoms with Gasteiger partial charge in [-0.2, -0.15) is 0 Å². The molecule has 138 valence electrons. The van der Waals surface area contributed by atoms with E-state index in [0.717, 1.165) is 29.5 Å². The maximum absolute atomic E-state index is 12.3. The van der Waals surface area contributed by atoms with Crippen molar-refractivity contribution in [3.63, 3.8) is 0 Å². The Morgan fingerprint density at radius 3 is 2.27 bits per heavy atom. The predicted octanol–water partition coefficient (Wildman–Crippen LogP) is 3.91. The first kappa shape index (κ1) is 19.7. The maximum Gasteiger partial charge on any atom is 0.339 e. The van der Waals surface area contributed by atoms with Gasteiger partial charge in [0.25, 0.3) is 5.91 Å². The molecule has 0 aromatic heterocycles. The molecule has 0 radical (unpaired) electrons. The fraction of sp³-hybridized carbons (Fsp3) is 0.364. The first-order valence-corrected chi connectivity index (χ1v) is 8.95. The van der Waals surface area contributed by atoms with Crippen molar-refractivity contribution in [1.29, 1.82) is 0 Å². The van der Waals surface area contributed by atoms with Crippen LogP contribution >= 0.6 is 0 Å². The van der Waals surface area contributed by atoms with Crippen LogP contribution in [-0.2, 0) is 16.0 Å². The summed E-state index contributed by atoms with van der Waals surface area (Å²) in [7, 11) is 0. The second-order valence-corrected chi connectivity index (χ2v) is 6.84. The number of ether oxygens (including phenoxy) is 1. The summed E-state index contributed by atoms with van der Waals surface area (Å²) >= 11 is 0. The first-order chi connectivity index (χ1) is 12.4. The summed E-state index contributed by atoms with van der Waals surface area (Å²) in [5.41, 5.74) is 4.61. The number of hydrogen-bond donors (Lipinski definition) is 1. The van der Waals surface area contributed by atoms with Crippen LogP contribution in [-0.4, -0.2) is 24.5 Å². The molecule has 0 heterocycles. The molecule has 0 aliphatic heterocycles. The van der Waals surface area contributed by atoms with Crippen molar-refractivity contribution < 1.29 is 14.3 Å². The van der Waals surface area contributed by atoms with Gasteiger partial charge in [0, 0.05) is 6.04 Å². The van der Waals surface area contributed by atoms with E-state index >= 15 is 0 Å². The zero-order valence-electron chi connectivity index (χ0n) is 16.0. The SMILES string of the molecule is Cc1cc(C)c(C(=O)OCC(=O)N[C@@H](C)CCc2ccccc2)c(C)c1. The molecule has 26 heavy (non-hydrogen) atoms. The molecule has 0 spiro atoms. The molecule has 2 aromatic carbocycles. The molecule has 0 saturated heterocycles. The van der Waals surface area contributed by atoms with Gasteiger partial charge in [-0.25, -0.2) is 4.79 Å². The third kappa shape index (κ3) is 5.73. The van der Waals surface area contributed by atoms with Gasteiger partial charge < -0.3 is 10.1 Å². The van der Waals surface area contributed by atoms with E-state index in [2.05, 4.69) is 17.4 Å². The molecule has 4 heteroatoms. The van der Waals surface area contributed by atoms with Gasteiger partial charge in [-0.3, -0.25) is 4.79 Å². The Bertz CT molecular complexity index is 745. The molecular formula is C22H27NO3. The van der Waals surface area contributed by atoms with Crippen molar-refractivity contribution in [3.8, 4) is 0 Å². The summed E-state index contributed by atoms with van der Waals surface area (Å²) in [5, 5.41) is 2.88. The van der Waals surface area contributed by atoms with Crippen molar-refractivity contribution >= 4 is 11.9 Å². The van der Waals surface area contributed by atoms with Gasteiger partial charge >= 0.3 is 5.97 Å². The summed E-state index contributed by atoms with van der Waals surface area (Å²) < 4.78 is 5.20. The third-order valence-electron chi connectivity index (χ3n) is 4.33. The van der Waals surface area contributed by atoms with Crippen LogP contribution in [0, 0.1) is 20.8 Å². The van der Waals surface area contributed by atoms with Gasteiger partial charge in [-0.1, -0.05) is 48.0 Å². The van der Waals surface area contributed by atoms with E-state index in [1.165, 1.54) is 5.56 Å². The number of nitrogens with one attached hydrogen (secondary N) is 1. The normalized spacial score (nSPS) is 11.7. The summed E-state index contributed by atoms with van der Waals surface area (Å²) in [6, 6.07) is 14.0. The molecule has 0 saturated carbocycles. The second kappa shape index (κ2) is 9.18. The van der Waals surface area contributed by atoms with Crippen LogP contribution < -0.4 is 5.32 Å². The van der Waals surface area contributed by atoms with Gasteiger partial charge in [0.05, 0.1) is 5.56 Å². The highest BCUT2D eigenvalue weighted by atomic mass is 16.5. The molecule has 1 amide bonds. The van der Waals surface area contributed by atoms with Crippen molar-refractivity contribution in [2.24, 2.45) is 0 Å². The molecule has 2 rings (SSSR count). The predicted molar refractivity (Wildman–Crippen MR) is 103 cm³/mol. The van der Waals surface area contributed by atoms with Crippen molar-refractivity contribution in [1.82, 2.24) is 5.32 Å². The molecule has 0 aliphatic carbocycles. The average Bonchev–Trinajstić information content (AvgIpc) is 2.58. The fourth-order valence-corrected chi connectivity index (χ4v) is 3.12. The Morgan fingerprint density at radius 2 is 1.65 bits per heavy atom. The van der Waals surface area contributed by atoms with Gasteiger partial charge in [-0.05, 0) is 57.2 Å². The van der Waals surface area contributed by atoms with Crippen LogP contribution in [0.3, 0.4) is 0 Å². The molecule has 0 fully saturated rings. The molecule has 0 aliphatic rings. The zero-order valence-corrected chi connectivity index (χ0v) is 16.0. The van der Waals surface area contributed by atoms with Crippen LogP contribution in [0.25, 0.3) is 0 Å². The standard InChI is InChI=1S/C22H27NO3/c1-15-12-16(2)21(17(3)13-15)22(25)26-14-20(24)23-18(4)10-11-19-8-6-5-7-9-19/h5-9,12-13,18H,10-11,14H2,1-4H3,(H,23,24)/t18-/m0/s1. The molecule has 1 N–H and O–H groups in total. The van der Waals surface area contributed by atoms with Crippen LogP contribution in [0.1, 0.15) is 46.0 Å². The number of esters is 1. The quantitative estimate of drug-likeness (QED) is 0.768. The maximum atomic E-state index is 12.3. The lowest BCUT2D eigenvalue weighted by molar-refractivity contribution is -0.124. The van der Waals surface area contributed by atoms with Crippen molar-refractivity contribution in [2.75, 3.05) is 6.61 Å². The summed E-state index contributed by atoms with van der Waals surface area (Å²) in [6.45, 7) is 7.43. The third-order valence-corrected chi connectivity index (χ3v) is 4.33. The lowest BCUT2D eigenvalue weighted by Gasteiger charge is -2.15. The number of aryl methyl sites for hydroxylation is 4. The number of hydrogen-bond acceptors (Lipinski definition) is 3. The molecule has 0 unspecified atom stereocenters. The highest BCUT2D eigenvalue weighted by Crippen LogP contribution is 2.17. The topological polar surface area (TPSA) is 55.4 Å². The number of carbonyl (C=O) groups excluding carboxylic acids is 2. The van der Waals surface area contributed by atoms with Crippen molar-refractivity contribution in [3.05, 3.63) is 70.3 Å². The lowest BCUT2D eigenvalue weighted by atomic mass is 10.00. The van der Waals surface area contributed by atoms with Gasteiger partial charge in [0.2, 0.25) is 0 Å². The van der Waals surface area contributed by atoms with Crippen LogP contribution in [0.4, 0.5) is 0 Å². The Labute approximate surface area is 155 Å². The summed E-state index contributed by atoms with van der Waals surface area (Å²) in [4.78, 5) is 24.3. The van der Waals surface area contributed by atoms with E-state index in [9.17, 15) is 9.59 Å². The van der Waals surface area contributed by atoms with E-state index < -0.39 is 5.97 Å². The largest absolute Gasteiger partial charge is 0.452 e. The lowest BCUT2D eigenvalue weighted by Crippen LogP contribution is -2.36. The molecule has 0 bridgehead atoms. The van der Waals surface area contributed by atoms with E-state index in [1.807, 2.05) is 58.0 Å². The monoisotopic (exact) mass is 353 g/mol. The zero-order chi connectivity index (χ0) is 19.1. The highest BCUT2D eigenvalue weighted by molar-refractivity contribution is 5.94. The minimum absolute atomic E-state index is 0.0178. The Kier molecular flexibility index (Phi) is 6.96. The van der Waals surface area contributed by atoms with E-state index in [1.54, 1.807) is 0 Å². The van der Waals surface area contributed by atoms with Crippen molar-refractivity contribution in [2.45, 2.75) is 46.6 Å². The minimum Gasteiger partial charge on any atom is -0.452 e. The average molecular weight is 353 g/mol. The molecular weight excluding hydrogens is 326 g/mol. The summed E-state index contributed by atoms with van der Waals surface area (Å²) in [5.74, 6) is -0.728. The molecule has 1 atom stereocenters.